The van der Waals surface area contributed by atoms with Gasteiger partial charge in [-0.1, -0.05) is 43.3 Å². The van der Waals surface area contributed by atoms with Crippen molar-refractivity contribution in [3.05, 3.63) is 82.0 Å². The highest BCUT2D eigenvalue weighted by Gasteiger charge is 2.18. The number of carbonyl (C=O) groups excluding carboxylic acids is 2. The van der Waals surface area contributed by atoms with Crippen molar-refractivity contribution in [1.82, 2.24) is 4.90 Å². The summed E-state index contributed by atoms with van der Waals surface area (Å²) < 4.78 is 0. The Kier molecular flexibility index (Phi) is 7.49. The molecule has 0 aliphatic heterocycles. The van der Waals surface area contributed by atoms with E-state index in [0.717, 1.165) is 28.3 Å². The van der Waals surface area contributed by atoms with Crippen molar-refractivity contribution in [2.45, 2.75) is 24.0 Å². The molecule has 3 aromatic rings. The lowest BCUT2D eigenvalue weighted by atomic mass is 10.1. The van der Waals surface area contributed by atoms with Gasteiger partial charge < -0.3 is 10.2 Å². The molecule has 0 fully saturated rings. The molecule has 29 heavy (non-hydrogen) atoms. The first-order valence-corrected chi connectivity index (χ1v) is 11.3. The van der Waals surface area contributed by atoms with Crippen molar-refractivity contribution in [2.24, 2.45) is 0 Å². The van der Waals surface area contributed by atoms with Gasteiger partial charge in [0.2, 0.25) is 5.91 Å². The fourth-order valence-electron chi connectivity index (χ4n) is 2.95. The number of anilines is 1. The van der Waals surface area contributed by atoms with E-state index in [0.29, 0.717) is 5.56 Å². The third kappa shape index (κ3) is 5.71. The highest BCUT2D eigenvalue weighted by Crippen LogP contribution is 2.28. The van der Waals surface area contributed by atoms with Gasteiger partial charge in [0, 0.05) is 28.3 Å². The van der Waals surface area contributed by atoms with Crippen LogP contribution in [0.2, 0.25) is 0 Å². The van der Waals surface area contributed by atoms with E-state index in [1.807, 2.05) is 61.5 Å². The number of aryl methyl sites for hydroxylation is 1. The number of benzene rings is 2. The van der Waals surface area contributed by atoms with Crippen molar-refractivity contribution < 1.29 is 9.59 Å². The van der Waals surface area contributed by atoms with Crippen LogP contribution in [-0.2, 0) is 17.0 Å². The fourth-order valence-corrected chi connectivity index (χ4v) is 4.76. The Bertz CT molecular complexity index is 971. The molecule has 0 aliphatic rings. The second-order valence-electron chi connectivity index (χ2n) is 6.58. The number of rotatable bonds is 8. The molecule has 0 saturated carbocycles. The number of hydrogen-bond donors (Lipinski definition) is 1. The van der Waals surface area contributed by atoms with Crippen LogP contribution >= 0.6 is 23.1 Å². The van der Waals surface area contributed by atoms with Gasteiger partial charge in [-0.15, -0.1) is 23.1 Å². The Hall–Kier alpha value is -2.57. The predicted molar refractivity (Wildman–Crippen MR) is 122 cm³/mol. The van der Waals surface area contributed by atoms with E-state index in [2.05, 4.69) is 16.8 Å². The van der Waals surface area contributed by atoms with Crippen LogP contribution in [0.4, 0.5) is 5.69 Å². The van der Waals surface area contributed by atoms with Gasteiger partial charge in [0.25, 0.3) is 5.91 Å². The molecule has 0 atom stereocenters. The number of likely N-dealkylation sites (N-methyl/N-ethyl adjacent to an activating group) is 1. The molecule has 3 rings (SSSR count). The fraction of sp³-hybridized carbons (Fsp3) is 0.217. The van der Waals surface area contributed by atoms with Gasteiger partial charge >= 0.3 is 0 Å². The molecule has 0 bridgehead atoms. The minimum atomic E-state index is -0.203. The smallest absolute Gasteiger partial charge is 0.255 e. The van der Waals surface area contributed by atoms with Crippen LogP contribution in [0.5, 0.6) is 0 Å². The van der Waals surface area contributed by atoms with Crippen molar-refractivity contribution in [2.75, 3.05) is 18.9 Å². The number of para-hydroxylation sites is 1. The number of thioether (sulfide) groups is 1. The quantitative estimate of drug-likeness (QED) is 0.498. The molecule has 0 saturated heterocycles. The Morgan fingerprint density at radius 1 is 1.03 bits per heavy atom. The van der Waals surface area contributed by atoms with Gasteiger partial charge in [-0.3, -0.25) is 9.59 Å². The Morgan fingerprint density at radius 2 is 1.79 bits per heavy atom. The first kappa shape index (κ1) is 21.1. The number of hydrogen-bond acceptors (Lipinski definition) is 4. The standard InChI is InChI=1S/C23H24N2O2S2/c1-3-17-9-4-6-12-20(17)24-22(26)15-25(2)23(27)19-11-5-7-13-21(19)29-16-18-10-8-14-28-18/h4-14H,3,15-16H2,1-2H3,(H,24,26). The van der Waals surface area contributed by atoms with E-state index in [1.165, 1.54) is 9.78 Å². The van der Waals surface area contributed by atoms with Crippen LogP contribution in [0.3, 0.4) is 0 Å². The van der Waals surface area contributed by atoms with Crippen molar-refractivity contribution in [1.29, 1.82) is 0 Å². The van der Waals surface area contributed by atoms with Gasteiger partial charge in [-0.05, 0) is 41.6 Å². The van der Waals surface area contributed by atoms with Crippen LogP contribution in [0.15, 0.2) is 70.9 Å². The van der Waals surface area contributed by atoms with Crippen molar-refractivity contribution in [3.8, 4) is 0 Å². The van der Waals surface area contributed by atoms with Gasteiger partial charge in [0.15, 0.2) is 0 Å². The largest absolute Gasteiger partial charge is 0.332 e. The maximum absolute atomic E-state index is 13.0. The SMILES string of the molecule is CCc1ccccc1NC(=O)CN(C)C(=O)c1ccccc1SCc1cccs1. The zero-order valence-electron chi connectivity index (χ0n) is 16.6. The average molecular weight is 425 g/mol. The maximum atomic E-state index is 13.0. The van der Waals surface area contributed by atoms with Crippen LogP contribution in [0.25, 0.3) is 0 Å². The van der Waals surface area contributed by atoms with Gasteiger partial charge in [0.05, 0.1) is 12.1 Å². The molecule has 4 nitrogen and oxygen atoms in total. The summed E-state index contributed by atoms with van der Waals surface area (Å²) in [5.74, 6) is 0.462. The summed E-state index contributed by atoms with van der Waals surface area (Å²) in [4.78, 5) is 29.1. The number of nitrogens with zero attached hydrogens (tertiary/aromatic N) is 1. The first-order chi connectivity index (χ1) is 14.1. The van der Waals surface area contributed by atoms with E-state index in [1.54, 1.807) is 30.1 Å². The third-order valence-corrected chi connectivity index (χ3v) is 6.65. The minimum Gasteiger partial charge on any atom is -0.332 e. The van der Waals surface area contributed by atoms with Gasteiger partial charge in [0.1, 0.15) is 0 Å². The van der Waals surface area contributed by atoms with Crippen LogP contribution in [-0.4, -0.2) is 30.3 Å². The highest BCUT2D eigenvalue weighted by atomic mass is 32.2. The lowest BCUT2D eigenvalue weighted by molar-refractivity contribution is -0.116. The third-order valence-electron chi connectivity index (χ3n) is 4.47. The Labute approximate surface area is 179 Å². The second-order valence-corrected chi connectivity index (χ2v) is 8.63. The summed E-state index contributed by atoms with van der Waals surface area (Å²) in [5, 5.41) is 4.97. The highest BCUT2D eigenvalue weighted by molar-refractivity contribution is 7.98. The zero-order valence-corrected chi connectivity index (χ0v) is 18.2. The molecule has 2 amide bonds. The van der Waals surface area contributed by atoms with Crippen LogP contribution in [0.1, 0.15) is 27.7 Å². The molecule has 6 heteroatoms. The maximum Gasteiger partial charge on any atom is 0.255 e. The topological polar surface area (TPSA) is 49.4 Å². The lowest BCUT2D eigenvalue weighted by Gasteiger charge is -2.19. The summed E-state index contributed by atoms with van der Waals surface area (Å²) in [6.07, 6.45) is 0.833. The molecule has 150 valence electrons. The molecule has 0 spiro atoms. The second kappa shape index (κ2) is 10.3. The molecule has 0 aliphatic carbocycles. The first-order valence-electron chi connectivity index (χ1n) is 9.46. The van der Waals surface area contributed by atoms with E-state index in [9.17, 15) is 9.59 Å². The monoisotopic (exact) mass is 424 g/mol. The van der Waals surface area contributed by atoms with Crippen molar-refractivity contribution >= 4 is 40.6 Å². The van der Waals surface area contributed by atoms with Gasteiger partial charge in [-0.2, -0.15) is 0 Å². The zero-order chi connectivity index (χ0) is 20.6. The molecular formula is C23H24N2O2S2. The summed E-state index contributed by atoms with van der Waals surface area (Å²) in [5.41, 5.74) is 2.50. The molecule has 0 unspecified atom stereocenters. The van der Waals surface area contributed by atoms with Crippen LogP contribution < -0.4 is 5.32 Å². The molecule has 2 aromatic carbocycles. The Balaban J connectivity index is 1.64. The van der Waals surface area contributed by atoms with E-state index >= 15 is 0 Å². The van der Waals surface area contributed by atoms with Crippen molar-refractivity contribution in [3.63, 3.8) is 0 Å². The number of amides is 2. The summed E-state index contributed by atoms with van der Waals surface area (Å²) in [7, 11) is 1.66. The average Bonchev–Trinajstić information content (AvgIpc) is 3.26. The summed E-state index contributed by atoms with van der Waals surface area (Å²) in [6, 6.07) is 19.4. The number of nitrogens with one attached hydrogen (secondary N) is 1. The molecule has 1 aromatic heterocycles. The number of carbonyl (C=O) groups is 2. The van der Waals surface area contributed by atoms with E-state index in [-0.39, 0.29) is 18.4 Å². The Morgan fingerprint density at radius 3 is 2.55 bits per heavy atom. The predicted octanol–water partition coefficient (Wildman–Crippen LogP) is 5.31. The normalized spacial score (nSPS) is 10.6. The van der Waals surface area contributed by atoms with E-state index in [4.69, 9.17) is 0 Å². The molecule has 0 radical (unpaired) electrons. The lowest BCUT2D eigenvalue weighted by Crippen LogP contribution is -2.35. The summed E-state index contributed by atoms with van der Waals surface area (Å²) >= 11 is 3.35. The van der Waals surface area contributed by atoms with Crippen LogP contribution in [0, 0.1) is 0 Å². The van der Waals surface area contributed by atoms with E-state index < -0.39 is 0 Å². The molecule has 1 heterocycles. The molecule has 1 N–H and O–H groups in total. The summed E-state index contributed by atoms with van der Waals surface area (Å²) in [6.45, 7) is 2.05. The molecular weight excluding hydrogens is 400 g/mol. The number of thiophene rings is 1. The van der Waals surface area contributed by atoms with Gasteiger partial charge in [-0.25, -0.2) is 0 Å². The minimum absolute atomic E-state index is 0.000801.